The number of hydrogen-bond acceptors (Lipinski definition) is 7. The van der Waals surface area contributed by atoms with E-state index in [1.54, 1.807) is 0 Å². The smallest absolute Gasteiger partial charge is 0.479 e. The first kappa shape index (κ1) is 17.9. The summed E-state index contributed by atoms with van der Waals surface area (Å²) in [5, 5.41) is 65.8. The number of aliphatic carboxylic acids is 1. The molecule has 0 aliphatic heterocycles. The van der Waals surface area contributed by atoms with Crippen molar-refractivity contribution in [1.82, 2.24) is 0 Å². The predicted octanol–water partition coefficient (Wildman–Crippen LogP) is -3.27. The molecule has 4 unspecified atom stereocenters. The molecule has 0 radical (unpaired) electrons. The lowest BCUT2D eigenvalue weighted by molar-refractivity contribution is -0.164. The fraction of sp³-hybridized carbons (Fsp3) is 0.714. The molecule has 0 saturated carbocycles. The van der Waals surface area contributed by atoms with Gasteiger partial charge in [-0.3, -0.25) is 0 Å². The van der Waals surface area contributed by atoms with Gasteiger partial charge in [0.25, 0.3) is 0 Å². The van der Waals surface area contributed by atoms with Crippen LogP contribution in [0.1, 0.15) is 0 Å². The van der Waals surface area contributed by atoms with Gasteiger partial charge in [0.2, 0.25) is 0 Å². The van der Waals surface area contributed by atoms with Crippen LogP contribution in [-0.4, -0.2) is 84.0 Å². The molecule has 4 atom stereocenters. The van der Waals surface area contributed by atoms with Crippen LogP contribution in [0.3, 0.4) is 0 Å². The van der Waals surface area contributed by atoms with Crippen molar-refractivity contribution in [3.8, 4) is 0 Å². The summed E-state index contributed by atoms with van der Waals surface area (Å²) in [5.41, 5.74) is 0. The van der Waals surface area contributed by atoms with Gasteiger partial charge in [-0.1, -0.05) is 0 Å². The van der Waals surface area contributed by atoms with Crippen molar-refractivity contribution in [2.75, 3.05) is 6.61 Å². The lowest BCUT2D eigenvalue weighted by Gasteiger charge is -2.23. The van der Waals surface area contributed by atoms with Gasteiger partial charge in [-0.2, -0.15) is 0 Å². The van der Waals surface area contributed by atoms with Crippen LogP contribution in [0.5, 0.6) is 0 Å². The topological polar surface area (TPSA) is 196 Å². The van der Waals surface area contributed by atoms with Crippen LogP contribution in [0.2, 0.25) is 0 Å². The Morgan fingerprint density at radius 2 is 1.24 bits per heavy atom. The van der Waals surface area contributed by atoms with Gasteiger partial charge in [-0.15, -0.1) is 0 Å². The minimum atomic E-state index is -2.20. The standard InChI is InChI=1S/C6H12O7.CH2O3/c7-1-2(8)3(9)4(10)5(11)6(12)13;2-1(3)4/h2-5,7-11H,1H2,(H,12,13);(H2,2,3,4). The third-order valence-corrected chi connectivity index (χ3v) is 1.51. The van der Waals surface area contributed by atoms with Gasteiger partial charge in [0.15, 0.2) is 6.10 Å². The second-order valence-electron chi connectivity index (χ2n) is 2.80. The van der Waals surface area contributed by atoms with E-state index in [0.717, 1.165) is 0 Å². The molecule has 0 aromatic rings. The highest BCUT2D eigenvalue weighted by molar-refractivity contribution is 5.72. The molecular formula is C7H14O10. The van der Waals surface area contributed by atoms with Crippen molar-refractivity contribution in [3.05, 3.63) is 0 Å². The van der Waals surface area contributed by atoms with E-state index in [4.69, 9.17) is 45.6 Å². The largest absolute Gasteiger partial charge is 0.503 e. The van der Waals surface area contributed by atoms with Gasteiger partial charge < -0.3 is 40.9 Å². The average Bonchev–Trinajstić information content (AvgIpc) is 2.23. The maximum Gasteiger partial charge on any atom is 0.503 e. The van der Waals surface area contributed by atoms with E-state index in [0.29, 0.717) is 0 Å². The van der Waals surface area contributed by atoms with Gasteiger partial charge in [-0.25, -0.2) is 9.59 Å². The zero-order valence-electron chi connectivity index (χ0n) is 8.41. The highest BCUT2D eigenvalue weighted by Crippen LogP contribution is 2.04. The van der Waals surface area contributed by atoms with Crippen LogP contribution in [0.15, 0.2) is 0 Å². The molecule has 0 amide bonds. The molecule has 10 nitrogen and oxygen atoms in total. The quantitative estimate of drug-likeness (QED) is 0.247. The molecule has 0 aliphatic carbocycles. The van der Waals surface area contributed by atoms with Crippen molar-refractivity contribution < 1.29 is 50.4 Å². The fourth-order valence-corrected chi connectivity index (χ4v) is 0.668. The lowest BCUT2D eigenvalue weighted by atomic mass is 10.0. The maximum atomic E-state index is 10.1. The number of hydrogen-bond donors (Lipinski definition) is 8. The lowest BCUT2D eigenvalue weighted by Crippen LogP contribution is -2.48. The van der Waals surface area contributed by atoms with Gasteiger partial charge in [0.05, 0.1) is 6.61 Å². The second kappa shape index (κ2) is 8.66. The van der Waals surface area contributed by atoms with E-state index in [1.807, 2.05) is 0 Å². The Bertz CT molecular complexity index is 237. The third-order valence-electron chi connectivity index (χ3n) is 1.51. The summed E-state index contributed by atoms with van der Waals surface area (Å²) in [6.45, 7) is -0.843. The summed E-state index contributed by atoms with van der Waals surface area (Å²) in [7, 11) is 0. The minimum Gasteiger partial charge on any atom is -0.479 e. The van der Waals surface area contributed by atoms with Crippen molar-refractivity contribution in [2.45, 2.75) is 24.4 Å². The number of carbonyl (C=O) groups is 2. The molecule has 10 heteroatoms. The first-order valence-corrected chi connectivity index (χ1v) is 4.13. The van der Waals surface area contributed by atoms with Crippen molar-refractivity contribution in [2.24, 2.45) is 0 Å². The number of aliphatic hydroxyl groups is 5. The molecule has 17 heavy (non-hydrogen) atoms. The average molecular weight is 258 g/mol. The van der Waals surface area contributed by atoms with E-state index in [-0.39, 0.29) is 0 Å². The Morgan fingerprint density at radius 3 is 1.47 bits per heavy atom. The highest BCUT2D eigenvalue weighted by Gasteiger charge is 2.33. The normalized spacial score (nSPS) is 17.0. The first-order valence-electron chi connectivity index (χ1n) is 4.13. The molecule has 0 heterocycles. The van der Waals surface area contributed by atoms with Gasteiger partial charge >= 0.3 is 12.1 Å². The molecular weight excluding hydrogens is 244 g/mol. The van der Waals surface area contributed by atoms with Crippen LogP contribution >= 0.6 is 0 Å². The summed E-state index contributed by atoms with van der Waals surface area (Å²) < 4.78 is 0. The number of rotatable bonds is 5. The van der Waals surface area contributed by atoms with Crippen LogP contribution in [0, 0.1) is 0 Å². The second-order valence-corrected chi connectivity index (χ2v) is 2.80. The Morgan fingerprint density at radius 1 is 0.882 bits per heavy atom. The SMILES string of the molecule is O=C(O)C(O)C(O)C(O)C(O)CO.O=C(O)O. The molecule has 0 aliphatic rings. The summed E-state index contributed by atoms with van der Waals surface area (Å²) in [4.78, 5) is 18.6. The van der Waals surface area contributed by atoms with Gasteiger partial charge in [-0.05, 0) is 0 Å². The number of carboxylic acid groups (broad SMARTS) is 3. The van der Waals surface area contributed by atoms with E-state index in [2.05, 4.69) is 0 Å². The Hall–Kier alpha value is -1.46. The molecule has 0 saturated heterocycles. The summed E-state index contributed by atoms with van der Waals surface area (Å²) in [6, 6.07) is 0. The zero-order valence-corrected chi connectivity index (χ0v) is 8.41. The Kier molecular flexibility index (Phi) is 9.13. The summed E-state index contributed by atoms with van der Waals surface area (Å²) >= 11 is 0. The van der Waals surface area contributed by atoms with Crippen LogP contribution in [0.25, 0.3) is 0 Å². The van der Waals surface area contributed by atoms with E-state index in [1.165, 1.54) is 0 Å². The van der Waals surface area contributed by atoms with Crippen LogP contribution < -0.4 is 0 Å². The van der Waals surface area contributed by atoms with E-state index >= 15 is 0 Å². The molecule has 0 fully saturated rings. The molecule has 0 bridgehead atoms. The van der Waals surface area contributed by atoms with E-state index in [9.17, 15) is 4.79 Å². The molecule has 0 rings (SSSR count). The number of carboxylic acids is 1. The summed E-state index contributed by atoms with van der Waals surface area (Å²) in [5.74, 6) is -1.73. The van der Waals surface area contributed by atoms with Gasteiger partial charge in [0, 0.05) is 0 Å². The zero-order chi connectivity index (χ0) is 14.2. The van der Waals surface area contributed by atoms with Crippen molar-refractivity contribution in [3.63, 3.8) is 0 Å². The minimum absolute atomic E-state index is 0.843. The predicted molar refractivity (Wildman–Crippen MR) is 49.4 cm³/mol. The van der Waals surface area contributed by atoms with Crippen molar-refractivity contribution >= 4 is 12.1 Å². The highest BCUT2D eigenvalue weighted by atomic mass is 16.6. The van der Waals surface area contributed by atoms with Crippen LogP contribution in [-0.2, 0) is 4.79 Å². The molecule has 0 aromatic carbocycles. The third kappa shape index (κ3) is 8.36. The Labute approximate surface area is 94.6 Å². The van der Waals surface area contributed by atoms with Crippen molar-refractivity contribution in [1.29, 1.82) is 0 Å². The monoisotopic (exact) mass is 258 g/mol. The Balaban J connectivity index is 0. The molecule has 8 N–H and O–H groups in total. The fourth-order valence-electron chi connectivity index (χ4n) is 0.668. The van der Waals surface area contributed by atoms with Gasteiger partial charge in [0.1, 0.15) is 18.3 Å². The summed E-state index contributed by atoms with van der Waals surface area (Å²) in [6.07, 6.45) is -9.67. The number of aliphatic hydroxyl groups excluding tert-OH is 5. The maximum absolute atomic E-state index is 10.1. The molecule has 0 spiro atoms. The first-order chi connectivity index (χ1) is 7.64. The van der Waals surface area contributed by atoms with E-state index < -0.39 is 43.1 Å². The molecule has 102 valence electrons. The molecule has 0 aromatic heterocycles. The van der Waals surface area contributed by atoms with Crippen LogP contribution in [0.4, 0.5) is 4.79 Å².